The Kier molecular flexibility index (Phi) is 7.34. The van der Waals surface area contributed by atoms with Crippen LogP contribution in [0.25, 0.3) is 10.8 Å². The molecule has 27 heavy (non-hydrogen) atoms. The summed E-state index contributed by atoms with van der Waals surface area (Å²) < 4.78 is 9.80. The molecular weight excluding hydrogens is 346 g/mol. The molecule has 0 spiro atoms. The van der Waals surface area contributed by atoms with Crippen LogP contribution in [0.3, 0.4) is 0 Å². The monoisotopic (exact) mass is 371 g/mol. The first kappa shape index (κ1) is 20.4. The zero-order chi connectivity index (χ0) is 19.8. The molecule has 0 aliphatic rings. The molecule has 0 heterocycles. The molecule has 0 aliphatic carbocycles. The van der Waals surface area contributed by atoms with Crippen LogP contribution in [0.1, 0.15) is 25.8 Å². The van der Waals surface area contributed by atoms with Crippen LogP contribution < -0.4 is 5.32 Å². The Balaban J connectivity index is 1.92. The fraction of sp³-hybridized carbons (Fsp3) is 0.381. The number of hydrogen-bond acceptors (Lipinski definition) is 5. The standard InChI is InChI=1S/C21H25NO5/c1-4-14(2)20(21(25)26-3)22-18(23)13-27-19(24)12-16-10-7-9-15-8-5-6-11-17(15)16/h5-11,14,20H,4,12-13H2,1-3H3,(H,22,23)/t14-,20-/m1/s1. The number of carbonyl (C=O) groups excluding carboxylic acids is 3. The minimum atomic E-state index is -0.760. The van der Waals surface area contributed by atoms with Crippen molar-refractivity contribution in [1.29, 1.82) is 0 Å². The Bertz CT molecular complexity index is 812. The summed E-state index contributed by atoms with van der Waals surface area (Å²) in [5.41, 5.74) is 0.838. The largest absolute Gasteiger partial charge is 0.467 e. The number of nitrogens with one attached hydrogen (secondary N) is 1. The molecule has 2 aromatic carbocycles. The van der Waals surface area contributed by atoms with Crippen LogP contribution in [0.15, 0.2) is 42.5 Å². The molecule has 0 aliphatic heterocycles. The van der Waals surface area contributed by atoms with Gasteiger partial charge < -0.3 is 14.8 Å². The summed E-state index contributed by atoms with van der Waals surface area (Å²) in [4.78, 5) is 36.0. The minimum Gasteiger partial charge on any atom is -0.467 e. The van der Waals surface area contributed by atoms with E-state index in [0.29, 0.717) is 6.42 Å². The Hall–Kier alpha value is -2.89. The highest BCUT2D eigenvalue weighted by atomic mass is 16.5. The number of fused-ring (bicyclic) bond motifs is 1. The highest BCUT2D eigenvalue weighted by Crippen LogP contribution is 2.19. The SMILES string of the molecule is CC[C@@H](C)[C@@H](NC(=O)COC(=O)Cc1cccc2ccccc12)C(=O)OC. The molecule has 1 N–H and O–H groups in total. The number of esters is 2. The number of amides is 1. The summed E-state index contributed by atoms with van der Waals surface area (Å²) in [7, 11) is 1.27. The molecule has 6 heteroatoms. The van der Waals surface area contributed by atoms with Gasteiger partial charge in [-0.15, -0.1) is 0 Å². The van der Waals surface area contributed by atoms with E-state index in [-0.39, 0.29) is 12.3 Å². The third kappa shape index (κ3) is 5.54. The van der Waals surface area contributed by atoms with Crippen LogP contribution in [0.5, 0.6) is 0 Å². The van der Waals surface area contributed by atoms with Gasteiger partial charge in [0.2, 0.25) is 0 Å². The van der Waals surface area contributed by atoms with Crippen molar-refractivity contribution in [2.24, 2.45) is 5.92 Å². The van der Waals surface area contributed by atoms with Crippen LogP contribution >= 0.6 is 0 Å². The predicted octanol–water partition coefficient (Wildman–Crippen LogP) is 2.63. The number of ether oxygens (including phenoxy) is 2. The van der Waals surface area contributed by atoms with Gasteiger partial charge in [0.05, 0.1) is 13.5 Å². The lowest BCUT2D eigenvalue weighted by molar-refractivity contribution is -0.150. The third-order valence-electron chi connectivity index (χ3n) is 4.56. The van der Waals surface area contributed by atoms with Gasteiger partial charge in [-0.2, -0.15) is 0 Å². The molecule has 0 aromatic heterocycles. The zero-order valence-corrected chi connectivity index (χ0v) is 15.9. The molecule has 0 fully saturated rings. The maximum atomic E-state index is 12.1. The summed E-state index contributed by atoms with van der Waals surface area (Å²) in [5, 5.41) is 4.59. The van der Waals surface area contributed by atoms with Gasteiger partial charge in [-0.05, 0) is 22.3 Å². The van der Waals surface area contributed by atoms with Crippen LogP contribution in [0.2, 0.25) is 0 Å². The van der Waals surface area contributed by atoms with E-state index in [9.17, 15) is 14.4 Å². The van der Waals surface area contributed by atoms with Gasteiger partial charge in [0, 0.05) is 0 Å². The highest BCUT2D eigenvalue weighted by molar-refractivity contribution is 5.90. The number of methoxy groups -OCH3 is 1. The van der Waals surface area contributed by atoms with Crippen molar-refractivity contribution in [1.82, 2.24) is 5.32 Å². The first-order chi connectivity index (χ1) is 13.0. The van der Waals surface area contributed by atoms with E-state index < -0.39 is 30.5 Å². The zero-order valence-electron chi connectivity index (χ0n) is 15.9. The van der Waals surface area contributed by atoms with Gasteiger partial charge >= 0.3 is 11.9 Å². The average molecular weight is 371 g/mol. The molecule has 0 saturated carbocycles. The normalized spacial score (nSPS) is 12.9. The predicted molar refractivity (Wildman–Crippen MR) is 102 cm³/mol. The van der Waals surface area contributed by atoms with Gasteiger partial charge in [-0.1, -0.05) is 62.7 Å². The van der Waals surface area contributed by atoms with E-state index in [0.717, 1.165) is 16.3 Å². The fourth-order valence-electron chi connectivity index (χ4n) is 2.81. The summed E-state index contributed by atoms with van der Waals surface area (Å²) >= 11 is 0. The summed E-state index contributed by atoms with van der Waals surface area (Å²) in [5.74, 6) is -1.64. The quantitative estimate of drug-likeness (QED) is 0.722. The average Bonchev–Trinajstić information content (AvgIpc) is 2.69. The topological polar surface area (TPSA) is 81.7 Å². The minimum absolute atomic E-state index is 0.0699. The molecule has 6 nitrogen and oxygen atoms in total. The highest BCUT2D eigenvalue weighted by Gasteiger charge is 2.26. The molecule has 144 valence electrons. The second-order valence-corrected chi connectivity index (χ2v) is 6.43. The molecule has 2 atom stereocenters. The van der Waals surface area contributed by atoms with Crippen LogP contribution in [0, 0.1) is 5.92 Å². The Morgan fingerprint density at radius 2 is 1.78 bits per heavy atom. The van der Waals surface area contributed by atoms with Crippen LogP contribution in [0.4, 0.5) is 0 Å². The first-order valence-corrected chi connectivity index (χ1v) is 8.95. The second kappa shape index (κ2) is 9.71. The van der Waals surface area contributed by atoms with Crippen molar-refractivity contribution in [3.63, 3.8) is 0 Å². The lowest BCUT2D eigenvalue weighted by atomic mass is 9.99. The van der Waals surface area contributed by atoms with E-state index in [1.807, 2.05) is 56.3 Å². The Morgan fingerprint density at radius 3 is 2.48 bits per heavy atom. The maximum Gasteiger partial charge on any atom is 0.328 e. The number of benzene rings is 2. The van der Waals surface area contributed by atoms with Gasteiger partial charge in [-0.25, -0.2) is 4.79 Å². The van der Waals surface area contributed by atoms with E-state index in [4.69, 9.17) is 9.47 Å². The van der Waals surface area contributed by atoms with Gasteiger partial charge in [0.15, 0.2) is 6.61 Å². The van der Waals surface area contributed by atoms with Gasteiger partial charge in [0.25, 0.3) is 5.91 Å². The smallest absolute Gasteiger partial charge is 0.328 e. The van der Waals surface area contributed by atoms with Crippen LogP contribution in [-0.4, -0.2) is 37.6 Å². The molecule has 0 bridgehead atoms. The fourth-order valence-corrected chi connectivity index (χ4v) is 2.81. The molecule has 0 saturated heterocycles. The summed E-state index contributed by atoms with van der Waals surface area (Å²) in [6.45, 7) is 3.32. The van der Waals surface area contributed by atoms with E-state index in [2.05, 4.69) is 5.32 Å². The van der Waals surface area contributed by atoms with E-state index >= 15 is 0 Å². The summed E-state index contributed by atoms with van der Waals surface area (Å²) in [6.07, 6.45) is 0.765. The second-order valence-electron chi connectivity index (χ2n) is 6.43. The van der Waals surface area contributed by atoms with Crippen molar-refractivity contribution < 1.29 is 23.9 Å². The van der Waals surface area contributed by atoms with Gasteiger partial charge in [0.1, 0.15) is 6.04 Å². The number of hydrogen-bond donors (Lipinski definition) is 1. The molecular formula is C21H25NO5. The molecule has 0 radical (unpaired) electrons. The summed E-state index contributed by atoms with van der Waals surface area (Å²) in [6, 6.07) is 12.7. The lowest BCUT2D eigenvalue weighted by Gasteiger charge is -2.21. The molecule has 2 aromatic rings. The third-order valence-corrected chi connectivity index (χ3v) is 4.56. The van der Waals surface area contributed by atoms with Crippen molar-refractivity contribution in [3.8, 4) is 0 Å². The lowest BCUT2D eigenvalue weighted by Crippen LogP contribution is -2.47. The maximum absolute atomic E-state index is 12.1. The Morgan fingerprint density at radius 1 is 1.07 bits per heavy atom. The van der Waals surface area contributed by atoms with Crippen molar-refractivity contribution in [3.05, 3.63) is 48.0 Å². The van der Waals surface area contributed by atoms with Crippen LogP contribution in [-0.2, 0) is 30.3 Å². The molecule has 0 unspecified atom stereocenters. The van der Waals surface area contributed by atoms with Gasteiger partial charge in [-0.3, -0.25) is 9.59 Å². The number of rotatable bonds is 8. The Labute approximate surface area is 158 Å². The molecule has 1 amide bonds. The van der Waals surface area contributed by atoms with E-state index in [1.165, 1.54) is 7.11 Å². The van der Waals surface area contributed by atoms with E-state index in [1.54, 1.807) is 0 Å². The van der Waals surface area contributed by atoms with Crippen molar-refractivity contribution >= 4 is 28.6 Å². The van der Waals surface area contributed by atoms with Crippen molar-refractivity contribution in [2.45, 2.75) is 32.7 Å². The molecule has 2 rings (SSSR count). The first-order valence-electron chi connectivity index (χ1n) is 8.95. The number of carbonyl (C=O) groups is 3. The van der Waals surface area contributed by atoms with Crippen molar-refractivity contribution in [2.75, 3.05) is 13.7 Å².